The smallest absolute Gasteiger partial charge is 0.222 e. The highest BCUT2D eigenvalue weighted by molar-refractivity contribution is 5.76. The summed E-state index contributed by atoms with van der Waals surface area (Å²) in [6.07, 6.45) is 2.25. The predicted octanol–water partition coefficient (Wildman–Crippen LogP) is 1.73. The quantitative estimate of drug-likeness (QED) is 0.815. The highest BCUT2D eigenvalue weighted by Crippen LogP contribution is 2.07. The third-order valence-corrected chi connectivity index (χ3v) is 2.83. The van der Waals surface area contributed by atoms with Crippen molar-refractivity contribution in [2.45, 2.75) is 26.2 Å². The molecule has 3 nitrogen and oxygen atoms in total. The molecule has 1 aromatic rings. The van der Waals surface area contributed by atoms with Gasteiger partial charge >= 0.3 is 0 Å². The lowest BCUT2D eigenvalue weighted by Crippen LogP contribution is -2.29. The molecule has 0 unspecified atom stereocenters. The normalized spacial score (nSPS) is 10.3. The lowest BCUT2D eigenvalue weighted by molar-refractivity contribution is -0.129. The average molecular weight is 234 g/mol. The lowest BCUT2D eigenvalue weighted by atomic mass is 10.1. The zero-order valence-electron chi connectivity index (χ0n) is 10.8. The molecule has 0 saturated heterocycles. The van der Waals surface area contributed by atoms with Gasteiger partial charge in [-0.15, -0.1) is 0 Å². The number of carbonyl (C=O) groups excluding carboxylic acids is 1. The number of benzene rings is 1. The first-order valence-electron chi connectivity index (χ1n) is 6.13. The molecule has 0 heterocycles. The van der Waals surface area contributed by atoms with Gasteiger partial charge in [-0.05, 0) is 31.9 Å². The van der Waals surface area contributed by atoms with E-state index in [2.05, 4.69) is 25.1 Å². The van der Waals surface area contributed by atoms with Gasteiger partial charge in [0.1, 0.15) is 0 Å². The molecule has 0 aliphatic carbocycles. The van der Waals surface area contributed by atoms with E-state index in [4.69, 9.17) is 5.73 Å². The fraction of sp³-hybridized carbons (Fsp3) is 0.500. The van der Waals surface area contributed by atoms with Crippen LogP contribution in [0.3, 0.4) is 0 Å². The monoisotopic (exact) mass is 234 g/mol. The van der Waals surface area contributed by atoms with Crippen LogP contribution in [0, 0.1) is 6.92 Å². The molecule has 0 fully saturated rings. The van der Waals surface area contributed by atoms with E-state index in [-0.39, 0.29) is 5.91 Å². The van der Waals surface area contributed by atoms with Crippen LogP contribution in [-0.4, -0.2) is 30.9 Å². The first-order chi connectivity index (χ1) is 8.13. The predicted molar refractivity (Wildman–Crippen MR) is 70.8 cm³/mol. The highest BCUT2D eigenvalue weighted by Gasteiger charge is 2.07. The van der Waals surface area contributed by atoms with Crippen LogP contribution in [0.4, 0.5) is 0 Å². The Balaban J connectivity index is 2.37. The summed E-state index contributed by atoms with van der Waals surface area (Å²) >= 11 is 0. The molecule has 3 heteroatoms. The van der Waals surface area contributed by atoms with Gasteiger partial charge in [-0.2, -0.15) is 0 Å². The number of carbonyl (C=O) groups is 1. The maximum Gasteiger partial charge on any atom is 0.222 e. The molecule has 0 aromatic heterocycles. The molecule has 17 heavy (non-hydrogen) atoms. The largest absolute Gasteiger partial charge is 0.346 e. The molecule has 1 amide bonds. The molecule has 0 bridgehead atoms. The second-order valence-corrected chi connectivity index (χ2v) is 4.45. The maximum atomic E-state index is 11.8. The van der Waals surface area contributed by atoms with E-state index in [0.29, 0.717) is 13.0 Å². The molecule has 1 rings (SSSR count). The molecule has 94 valence electrons. The van der Waals surface area contributed by atoms with Gasteiger partial charge in [-0.1, -0.05) is 29.8 Å². The van der Waals surface area contributed by atoms with Gasteiger partial charge in [0.15, 0.2) is 0 Å². The summed E-state index contributed by atoms with van der Waals surface area (Å²) in [6, 6.07) is 8.30. The van der Waals surface area contributed by atoms with Crippen LogP contribution in [0.2, 0.25) is 0 Å². The third-order valence-electron chi connectivity index (χ3n) is 2.83. The summed E-state index contributed by atoms with van der Waals surface area (Å²) in [6.45, 7) is 3.46. The standard InChI is InChI=1S/C14H22N2O/c1-12-5-3-6-13(11-12)7-8-14(17)16(2)10-4-9-15/h3,5-6,11H,4,7-10,15H2,1-2H3. The van der Waals surface area contributed by atoms with E-state index in [9.17, 15) is 4.79 Å². The van der Waals surface area contributed by atoms with E-state index in [1.807, 2.05) is 13.1 Å². The number of rotatable bonds is 6. The lowest BCUT2D eigenvalue weighted by Gasteiger charge is -2.16. The van der Waals surface area contributed by atoms with Crippen LogP contribution in [-0.2, 0) is 11.2 Å². The molecule has 0 aliphatic rings. The average Bonchev–Trinajstić information content (AvgIpc) is 2.33. The van der Waals surface area contributed by atoms with Gasteiger partial charge in [-0.25, -0.2) is 0 Å². The Morgan fingerprint density at radius 2 is 2.18 bits per heavy atom. The Morgan fingerprint density at radius 1 is 1.41 bits per heavy atom. The molecular weight excluding hydrogens is 212 g/mol. The molecule has 1 aromatic carbocycles. The topological polar surface area (TPSA) is 46.3 Å². The fourth-order valence-corrected chi connectivity index (χ4v) is 1.76. The molecular formula is C14H22N2O. The molecule has 0 atom stereocenters. The van der Waals surface area contributed by atoms with Gasteiger partial charge in [-0.3, -0.25) is 4.79 Å². The minimum Gasteiger partial charge on any atom is -0.346 e. The van der Waals surface area contributed by atoms with Gasteiger partial charge in [0.2, 0.25) is 5.91 Å². The molecule has 0 saturated carbocycles. The molecule has 2 N–H and O–H groups in total. The van der Waals surface area contributed by atoms with Crippen molar-refractivity contribution in [1.82, 2.24) is 4.90 Å². The van der Waals surface area contributed by atoms with Crippen LogP contribution >= 0.6 is 0 Å². The Kier molecular flexibility index (Phi) is 5.70. The van der Waals surface area contributed by atoms with Crippen molar-refractivity contribution in [1.29, 1.82) is 0 Å². The maximum absolute atomic E-state index is 11.8. The molecule has 0 aliphatic heterocycles. The summed E-state index contributed by atoms with van der Waals surface area (Å²) in [5.74, 6) is 0.194. The third kappa shape index (κ3) is 5.00. The summed E-state index contributed by atoms with van der Waals surface area (Å²) in [5, 5.41) is 0. The number of nitrogens with two attached hydrogens (primary N) is 1. The zero-order valence-corrected chi connectivity index (χ0v) is 10.8. The van der Waals surface area contributed by atoms with Gasteiger partial charge in [0, 0.05) is 20.0 Å². The van der Waals surface area contributed by atoms with Crippen LogP contribution in [0.15, 0.2) is 24.3 Å². The van der Waals surface area contributed by atoms with Crippen LogP contribution in [0.1, 0.15) is 24.0 Å². The molecule has 0 radical (unpaired) electrons. The Hall–Kier alpha value is -1.35. The summed E-state index contributed by atoms with van der Waals surface area (Å²) < 4.78 is 0. The van der Waals surface area contributed by atoms with E-state index in [1.165, 1.54) is 11.1 Å². The van der Waals surface area contributed by atoms with Crippen molar-refractivity contribution < 1.29 is 4.79 Å². The van der Waals surface area contributed by atoms with Crippen LogP contribution in [0.5, 0.6) is 0 Å². The van der Waals surface area contributed by atoms with E-state index >= 15 is 0 Å². The summed E-state index contributed by atoms with van der Waals surface area (Å²) in [4.78, 5) is 13.6. The number of aryl methyl sites for hydroxylation is 2. The van der Waals surface area contributed by atoms with Crippen LogP contribution < -0.4 is 5.73 Å². The van der Waals surface area contributed by atoms with Gasteiger partial charge in [0.05, 0.1) is 0 Å². The first-order valence-corrected chi connectivity index (χ1v) is 6.13. The van der Waals surface area contributed by atoms with Crippen molar-refractivity contribution >= 4 is 5.91 Å². The van der Waals surface area contributed by atoms with Gasteiger partial charge in [0.25, 0.3) is 0 Å². The van der Waals surface area contributed by atoms with Crippen molar-refractivity contribution in [3.63, 3.8) is 0 Å². The van der Waals surface area contributed by atoms with Gasteiger partial charge < -0.3 is 10.6 Å². The Labute approximate surface area is 104 Å². The van der Waals surface area contributed by atoms with Crippen molar-refractivity contribution in [3.8, 4) is 0 Å². The highest BCUT2D eigenvalue weighted by atomic mass is 16.2. The van der Waals surface area contributed by atoms with E-state index < -0.39 is 0 Å². The number of hydrogen-bond acceptors (Lipinski definition) is 2. The minimum absolute atomic E-state index is 0.194. The SMILES string of the molecule is Cc1cccc(CCC(=O)N(C)CCCN)c1. The molecule has 0 spiro atoms. The van der Waals surface area contributed by atoms with Crippen molar-refractivity contribution in [3.05, 3.63) is 35.4 Å². The zero-order chi connectivity index (χ0) is 12.7. The van der Waals surface area contributed by atoms with Crippen LogP contribution in [0.25, 0.3) is 0 Å². The second kappa shape index (κ2) is 7.07. The van der Waals surface area contributed by atoms with E-state index in [1.54, 1.807) is 4.90 Å². The summed E-state index contributed by atoms with van der Waals surface area (Å²) in [7, 11) is 1.84. The first kappa shape index (κ1) is 13.7. The van der Waals surface area contributed by atoms with E-state index in [0.717, 1.165) is 19.4 Å². The van der Waals surface area contributed by atoms with Crippen molar-refractivity contribution in [2.24, 2.45) is 5.73 Å². The number of nitrogens with zero attached hydrogens (tertiary/aromatic N) is 1. The fourth-order valence-electron chi connectivity index (χ4n) is 1.76. The Bertz CT molecular complexity index is 363. The minimum atomic E-state index is 0.194. The summed E-state index contributed by atoms with van der Waals surface area (Å²) in [5.41, 5.74) is 7.89. The number of amides is 1. The number of hydrogen-bond donors (Lipinski definition) is 1. The van der Waals surface area contributed by atoms with Crippen molar-refractivity contribution in [2.75, 3.05) is 20.1 Å². The Morgan fingerprint density at radius 3 is 2.82 bits per heavy atom. The second-order valence-electron chi connectivity index (χ2n) is 4.45.